The number of ketones is 1. The van der Waals surface area contributed by atoms with Gasteiger partial charge in [0.2, 0.25) is 11.6 Å². The summed E-state index contributed by atoms with van der Waals surface area (Å²) in [6.45, 7) is 11.6. The molecule has 174 valence electrons. The lowest BCUT2D eigenvalue weighted by Gasteiger charge is -2.45. The number of hydrogen-bond acceptors (Lipinski definition) is 3. The first-order valence-corrected chi connectivity index (χ1v) is 11.8. The summed E-state index contributed by atoms with van der Waals surface area (Å²) in [6.07, 6.45) is 3.24. The van der Waals surface area contributed by atoms with E-state index >= 15 is 0 Å². The van der Waals surface area contributed by atoms with E-state index in [1.54, 1.807) is 12.1 Å². The maximum atomic E-state index is 15.0. The number of aryl methyl sites for hydroxylation is 1. The number of allylic oxidation sites excluding steroid dienone is 2. The first-order chi connectivity index (χ1) is 16.8. The molecule has 4 aromatic rings. The van der Waals surface area contributed by atoms with Crippen molar-refractivity contribution in [3.63, 3.8) is 0 Å². The summed E-state index contributed by atoms with van der Waals surface area (Å²) in [7, 11) is 1.94. The molecule has 0 saturated carbocycles. The van der Waals surface area contributed by atoms with Crippen molar-refractivity contribution in [3.05, 3.63) is 88.8 Å². The average Bonchev–Trinajstić information content (AvgIpc) is 3.40. The zero-order valence-electron chi connectivity index (χ0n) is 19.8. The first kappa shape index (κ1) is 21.5. The van der Waals surface area contributed by atoms with E-state index in [9.17, 15) is 9.18 Å². The molecule has 3 atom stereocenters. The molecule has 35 heavy (non-hydrogen) atoms. The Labute approximate surface area is 202 Å². The van der Waals surface area contributed by atoms with Gasteiger partial charge in [-0.25, -0.2) is 18.9 Å². The highest BCUT2D eigenvalue weighted by Crippen LogP contribution is 2.52. The molecule has 2 heterocycles. The summed E-state index contributed by atoms with van der Waals surface area (Å²) >= 11 is 0. The Hall–Kier alpha value is -4.05. The molecule has 0 unspecified atom stereocenters. The number of hydrogen-bond donors (Lipinski definition) is 0. The van der Waals surface area contributed by atoms with Gasteiger partial charge < -0.3 is 9.36 Å². The Bertz CT molecular complexity index is 1600. The van der Waals surface area contributed by atoms with Crippen LogP contribution in [-0.4, -0.2) is 25.1 Å². The van der Waals surface area contributed by atoms with E-state index < -0.39 is 5.41 Å². The highest BCUT2D eigenvalue weighted by molar-refractivity contribution is 6.00. The van der Waals surface area contributed by atoms with Crippen LogP contribution in [-0.2, 0) is 23.7 Å². The summed E-state index contributed by atoms with van der Waals surface area (Å²) < 4.78 is 18.8. The quantitative estimate of drug-likeness (QED) is 0.372. The number of para-hydroxylation sites is 2. The van der Waals surface area contributed by atoms with Crippen LogP contribution in [0.4, 0.5) is 4.39 Å². The third kappa shape index (κ3) is 2.89. The number of imidazole rings is 1. The highest BCUT2D eigenvalue weighted by Gasteiger charge is 2.51. The van der Waals surface area contributed by atoms with Gasteiger partial charge in [0.1, 0.15) is 5.82 Å². The number of nitrogens with zero attached hydrogens (tertiary/aromatic N) is 5. The van der Waals surface area contributed by atoms with Crippen molar-refractivity contribution >= 4 is 16.8 Å². The van der Waals surface area contributed by atoms with Crippen LogP contribution in [0.25, 0.3) is 33.1 Å². The number of rotatable bonds is 2. The number of benzene rings is 2. The van der Waals surface area contributed by atoms with Gasteiger partial charge in [-0.2, -0.15) is 5.10 Å². The minimum Gasteiger partial charge on any atom is -0.311 e. The molecule has 6 rings (SSSR count). The molecule has 2 aliphatic carbocycles. The van der Waals surface area contributed by atoms with Crippen molar-refractivity contribution in [2.24, 2.45) is 18.9 Å². The molecule has 7 heteroatoms. The molecule has 0 radical (unpaired) electrons. The summed E-state index contributed by atoms with van der Waals surface area (Å²) in [6, 6.07) is 14.5. The predicted octanol–water partition coefficient (Wildman–Crippen LogP) is 5.41. The van der Waals surface area contributed by atoms with E-state index in [1.807, 2.05) is 59.6 Å². The van der Waals surface area contributed by atoms with E-state index in [0.717, 1.165) is 28.7 Å². The largest absolute Gasteiger partial charge is 0.311 e. The standard InChI is InChI=1S/C28H24FN5O/c1-16-19-14-13-18-24(17-9-5-6-10-20(17)29)32-34(26(18)28(19,2)15-22(30-3)25(16)35)27-31-21-11-7-8-12-23(21)33(27)4/h5-12,15-16,19H,13-14H2,1-2,4H3/t16-,19-,28-/m1/s1. The highest BCUT2D eigenvalue weighted by atomic mass is 19.1. The summed E-state index contributed by atoms with van der Waals surface area (Å²) in [4.78, 5) is 21.3. The van der Waals surface area contributed by atoms with Crippen LogP contribution < -0.4 is 0 Å². The fraction of sp³-hybridized carbons (Fsp3) is 0.286. The lowest BCUT2D eigenvalue weighted by Crippen LogP contribution is -2.46. The van der Waals surface area contributed by atoms with Crippen LogP contribution in [0.15, 0.2) is 60.3 Å². The Morgan fingerprint density at radius 3 is 2.66 bits per heavy atom. The second-order valence-corrected chi connectivity index (χ2v) is 9.75. The molecule has 0 fully saturated rings. The fourth-order valence-corrected chi connectivity index (χ4v) is 6.16. The van der Waals surface area contributed by atoms with E-state index in [1.165, 1.54) is 6.07 Å². The number of halogens is 1. The second-order valence-electron chi connectivity index (χ2n) is 9.75. The SMILES string of the molecule is [C-]#[N+]C1=C[C@@]2(C)c3c(c(-c4ccccc4F)nn3-c3nc4ccccc4n3C)CC[C@@H]2[C@@H](C)C1=O. The van der Waals surface area contributed by atoms with Gasteiger partial charge in [-0.3, -0.25) is 0 Å². The number of Topliss-reactive ketones (excluding diaryl/α,β-unsaturated/α-hetero) is 1. The molecule has 0 spiro atoms. The molecule has 2 aromatic carbocycles. The van der Waals surface area contributed by atoms with E-state index in [-0.39, 0.29) is 29.1 Å². The molecule has 0 aliphatic heterocycles. The van der Waals surface area contributed by atoms with Crippen LogP contribution in [0.5, 0.6) is 0 Å². The number of fused-ring (bicyclic) bond motifs is 4. The van der Waals surface area contributed by atoms with Crippen LogP contribution in [0.2, 0.25) is 0 Å². The Kier molecular flexibility index (Phi) is 4.59. The first-order valence-electron chi connectivity index (χ1n) is 11.8. The van der Waals surface area contributed by atoms with E-state index in [2.05, 4.69) is 11.8 Å². The zero-order chi connectivity index (χ0) is 24.5. The molecule has 0 amide bonds. The molecular formula is C28H24FN5O. The predicted molar refractivity (Wildman–Crippen MR) is 131 cm³/mol. The van der Waals surface area contributed by atoms with Gasteiger partial charge in [0.05, 0.1) is 29.0 Å². The monoisotopic (exact) mass is 465 g/mol. The van der Waals surface area contributed by atoms with E-state index in [0.29, 0.717) is 23.6 Å². The van der Waals surface area contributed by atoms with Gasteiger partial charge in [-0.1, -0.05) is 44.2 Å². The van der Waals surface area contributed by atoms with Crippen molar-refractivity contribution in [2.45, 2.75) is 32.1 Å². The van der Waals surface area contributed by atoms with Crippen molar-refractivity contribution < 1.29 is 9.18 Å². The molecule has 0 saturated heterocycles. The van der Waals surface area contributed by atoms with Gasteiger partial charge in [0.15, 0.2) is 5.78 Å². The maximum Gasteiger partial charge on any atom is 0.231 e. The van der Waals surface area contributed by atoms with Gasteiger partial charge in [-0.15, -0.1) is 0 Å². The lowest BCUT2D eigenvalue weighted by molar-refractivity contribution is -0.121. The van der Waals surface area contributed by atoms with Crippen LogP contribution in [0.1, 0.15) is 31.5 Å². The van der Waals surface area contributed by atoms with Gasteiger partial charge in [0.25, 0.3) is 0 Å². The van der Waals surface area contributed by atoms with Crippen molar-refractivity contribution in [1.29, 1.82) is 0 Å². The number of carbonyl (C=O) groups excluding carboxylic acids is 1. The Morgan fingerprint density at radius 2 is 1.91 bits per heavy atom. The van der Waals surface area contributed by atoms with E-state index in [4.69, 9.17) is 16.7 Å². The Morgan fingerprint density at radius 1 is 1.17 bits per heavy atom. The summed E-state index contributed by atoms with van der Waals surface area (Å²) in [5.41, 5.74) is 4.19. The molecule has 0 bridgehead atoms. The van der Waals surface area contributed by atoms with Crippen molar-refractivity contribution in [2.75, 3.05) is 0 Å². The Balaban J connectivity index is 1.71. The smallest absolute Gasteiger partial charge is 0.231 e. The minimum absolute atomic E-state index is 0.00612. The molecule has 2 aliphatic rings. The zero-order valence-corrected chi connectivity index (χ0v) is 19.8. The third-order valence-corrected chi connectivity index (χ3v) is 7.88. The lowest BCUT2D eigenvalue weighted by atomic mass is 9.58. The van der Waals surface area contributed by atoms with Gasteiger partial charge in [0, 0.05) is 29.5 Å². The number of carbonyl (C=O) groups is 1. The van der Waals surface area contributed by atoms with Crippen LogP contribution in [0.3, 0.4) is 0 Å². The molecular weight excluding hydrogens is 441 g/mol. The average molecular weight is 466 g/mol. The van der Waals surface area contributed by atoms with Crippen molar-refractivity contribution in [3.8, 4) is 17.2 Å². The van der Waals surface area contributed by atoms with Gasteiger partial charge >= 0.3 is 0 Å². The molecule has 2 aromatic heterocycles. The van der Waals surface area contributed by atoms with Gasteiger partial charge in [-0.05, 0) is 43.0 Å². The summed E-state index contributed by atoms with van der Waals surface area (Å²) in [5, 5.41) is 4.98. The summed E-state index contributed by atoms with van der Waals surface area (Å²) in [5.74, 6) is -0.0976. The number of aromatic nitrogens is 4. The molecule has 6 nitrogen and oxygen atoms in total. The van der Waals surface area contributed by atoms with Crippen LogP contribution >= 0.6 is 0 Å². The maximum absolute atomic E-state index is 15.0. The normalized spacial score (nSPS) is 23.5. The van der Waals surface area contributed by atoms with Crippen LogP contribution in [0, 0.1) is 24.2 Å². The third-order valence-electron chi connectivity index (χ3n) is 7.88. The molecule has 0 N–H and O–H groups in total. The second kappa shape index (κ2) is 7.47. The van der Waals surface area contributed by atoms with Crippen molar-refractivity contribution in [1.82, 2.24) is 19.3 Å². The topological polar surface area (TPSA) is 57.1 Å². The minimum atomic E-state index is -0.630. The fourth-order valence-electron chi connectivity index (χ4n) is 6.16.